The van der Waals surface area contributed by atoms with Crippen LogP contribution in [0.4, 0.5) is 5.69 Å². The van der Waals surface area contributed by atoms with Crippen molar-refractivity contribution in [1.29, 1.82) is 0 Å². The number of nitrogens with zero attached hydrogens (tertiary/aromatic N) is 2. The molecule has 1 aliphatic heterocycles. The van der Waals surface area contributed by atoms with E-state index in [1.165, 1.54) is 0 Å². The normalized spacial score (nSPS) is 15.7. The van der Waals surface area contributed by atoms with Gasteiger partial charge in [-0.05, 0) is 36.6 Å². The van der Waals surface area contributed by atoms with Crippen LogP contribution >= 0.6 is 11.3 Å². The Kier molecular flexibility index (Phi) is 4.04. The van der Waals surface area contributed by atoms with Crippen molar-refractivity contribution in [1.82, 2.24) is 0 Å². The molecule has 2 aromatic carbocycles. The van der Waals surface area contributed by atoms with Gasteiger partial charge in [0.1, 0.15) is 11.5 Å². The summed E-state index contributed by atoms with van der Waals surface area (Å²) in [6.07, 6.45) is 1.85. The van der Waals surface area contributed by atoms with E-state index in [9.17, 15) is 4.79 Å². The fraction of sp³-hybridized carbons (Fsp3) is 0.0476. The number of aryl methyl sites for hydroxylation is 1. The SMILES string of the molecule is Cc1ccc(N2C(=O)/C(=C\c3cccs3)N=C2c2ccccc2)cc1. The second-order valence-electron chi connectivity index (χ2n) is 5.82. The molecule has 2 heterocycles. The number of benzene rings is 2. The average molecular weight is 344 g/mol. The molecule has 0 bridgehead atoms. The van der Waals surface area contributed by atoms with Crippen LogP contribution in [-0.2, 0) is 4.79 Å². The molecular weight excluding hydrogens is 328 g/mol. The molecule has 25 heavy (non-hydrogen) atoms. The summed E-state index contributed by atoms with van der Waals surface area (Å²) in [7, 11) is 0. The van der Waals surface area contributed by atoms with Gasteiger partial charge in [-0.15, -0.1) is 11.3 Å². The van der Waals surface area contributed by atoms with Crippen LogP contribution in [0.5, 0.6) is 0 Å². The summed E-state index contributed by atoms with van der Waals surface area (Å²) < 4.78 is 0. The Morgan fingerprint density at radius 3 is 2.40 bits per heavy atom. The quantitative estimate of drug-likeness (QED) is 0.623. The van der Waals surface area contributed by atoms with Crippen LogP contribution in [0.3, 0.4) is 0 Å². The summed E-state index contributed by atoms with van der Waals surface area (Å²) in [6.45, 7) is 2.03. The molecule has 0 unspecified atom stereocenters. The minimum Gasteiger partial charge on any atom is -0.266 e. The van der Waals surface area contributed by atoms with Gasteiger partial charge in [0.2, 0.25) is 0 Å². The van der Waals surface area contributed by atoms with Gasteiger partial charge in [0, 0.05) is 10.4 Å². The van der Waals surface area contributed by atoms with E-state index in [2.05, 4.69) is 4.99 Å². The predicted octanol–water partition coefficient (Wildman–Crippen LogP) is 4.89. The summed E-state index contributed by atoms with van der Waals surface area (Å²) in [6, 6.07) is 21.7. The highest BCUT2D eigenvalue weighted by atomic mass is 32.1. The summed E-state index contributed by atoms with van der Waals surface area (Å²) in [5.41, 5.74) is 3.36. The summed E-state index contributed by atoms with van der Waals surface area (Å²) >= 11 is 1.59. The van der Waals surface area contributed by atoms with Crippen molar-refractivity contribution in [2.45, 2.75) is 6.92 Å². The summed E-state index contributed by atoms with van der Waals surface area (Å²) in [5, 5.41) is 1.99. The lowest BCUT2D eigenvalue weighted by Gasteiger charge is -2.18. The molecule has 0 spiro atoms. The smallest absolute Gasteiger partial charge is 0.266 e. The Morgan fingerprint density at radius 1 is 0.960 bits per heavy atom. The number of hydrogen-bond donors (Lipinski definition) is 0. The van der Waals surface area contributed by atoms with Crippen LogP contribution in [0.2, 0.25) is 0 Å². The lowest BCUT2D eigenvalue weighted by atomic mass is 10.1. The number of thiophene rings is 1. The van der Waals surface area contributed by atoms with Crippen LogP contribution in [0.1, 0.15) is 16.0 Å². The number of carbonyl (C=O) groups is 1. The number of anilines is 1. The molecule has 3 aromatic rings. The lowest BCUT2D eigenvalue weighted by Crippen LogP contribution is -2.32. The number of amides is 1. The van der Waals surface area contributed by atoms with E-state index in [0.29, 0.717) is 11.5 Å². The molecule has 1 aliphatic rings. The second-order valence-corrected chi connectivity index (χ2v) is 6.80. The van der Waals surface area contributed by atoms with Crippen LogP contribution in [0, 0.1) is 6.92 Å². The number of amidine groups is 1. The highest BCUT2D eigenvalue weighted by Gasteiger charge is 2.32. The van der Waals surface area contributed by atoms with Gasteiger partial charge in [0.15, 0.2) is 0 Å². The van der Waals surface area contributed by atoms with Crippen molar-refractivity contribution in [2.75, 3.05) is 4.90 Å². The number of hydrogen-bond acceptors (Lipinski definition) is 3. The molecule has 4 rings (SSSR count). The van der Waals surface area contributed by atoms with Gasteiger partial charge in [0.25, 0.3) is 5.91 Å². The fourth-order valence-corrected chi connectivity index (χ4v) is 3.39. The molecular formula is C21H16N2OS. The molecule has 0 aliphatic carbocycles. The van der Waals surface area contributed by atoms with Gasteiger partial charge < -0.3 is 0 Å². The first-order valence-electron chi connectivity index (χ1n) is 8.03. The molecule has 1 aromatic heterocycles. The maximum Gasteiger partial charge on any atom is 0.282 e. The minimum absolute atomic E-state index is 0.101. The van der Waals surface area contributed by atoms with E-state index in [4.69, 9.17) is 0 Å². The largest absolute Gasteiger partial charge is 0.282 e. The van der Waals surface area contributed by atoms with Crippen LogP contribution in [-0.4, -0.2) is 11.7 Å². The molecule has 122 valence electrons. The molecule has 0 N–H and O–H groups in total. The standard InChI is InChI=1S/C21H16N2OS/c1-15-9-11-17(12-10-15)23-20(16-6-3-2-4-7-16)22-19(21(23)24)14-18-8-5-13-25-18/h2-14H,1H3/b19-14+. The third kappa shape index (κ3) is 3.04. The highest BCUT2D eigenvalue weighted by molar-refractivity contribution is 7.10. The van der Waals surface area contributed by atoms with Crippen molar-refractivity contribution in [3.05, 3.63) is 93.8 Å². The van der Waals surface area contributed by atoms with E-state index < -0.39 is 0 Å². The Hall–Kier alpha value is -2.98. The molecule has 3 nitrogen and oxygen atoms in total. The first-order chi connectivity index (χ1) is 12.2. The van der Waals surface area contributed by atoms with E-state index >= 15 is 0 Å². The van der Waals surface area contributed by atoms with Crippen molar-refractivity contribution < 1.29 is 4.79 Å². The van der Waals surface area contributed by atoms with Crippen LogP contribution < -0.4 is 4.90 Å². The predicted molar refractivity (Wildman–Crippen MR) is 104 cm³/mol. The maximum absolute atomic E-state index is 13.0. The Morgan fingerprint density at radius 2 is 1.72 bits per heavy atom. The molecule has 4 heteroatoms. The zero-order valence-electron chi connectivity index (χ0n) is 13.7. The third-order valence-electron chi connectivity index (χ3n) is 4.01. The van der Waals surface area contributed by atoms with Crippen molar-refractivity contribution >= 4 is 34.8 Å². The average Bonchev–Trinajstić information content (AvgIpc) is 3.26. The zero-order chi connectivity index (χ0) is 17.2. The zero-order valence-corrected chi connectivity index (χ0v) is 14.5. The Bertz CT molecular complexity index is 955. The molecule has 0 fully saturated rings. The highest BCUT2D eigenvalue weighted by Crippen LogP contribution is 2.28. The van der Waals surface area contributed by atoms with Crippen LogP contribution in [0.15, 0.2) is 82.8 Å². The van der Waals surface area contributed by atoms with E-state index in [0.717, 1.165) is 21.7 Å². The molecule has 0 saturated heterocycles. The lowest BCUT2D eigenvalue weighted by molar-refractivity contribution is -0.113. The molecule has 0 radical (unpaired) electrons. The summed E-state index contributed by atoms with van der Waals surface area (Å²) in [5.74, 6) is 0.563. The first-order valence-corrected chi connectivity index (χ1v) is 8.91. The number of rotatable bonds is 3. The minimum atomic E-state index is -0.101. The molecule has 0 atom stereocenters. The topological polar surface area (TPSA) is 32.7 Å². The van der Waals surface area contributed by atoms with Gasteiger partial charge in [-0.2, -0.15) is 0 Å². The number of carbonyl (C=O) groups excluding carboxylic acids is 1. The number of aliphatic imine (C=N–C) groups is 1. The fourth-order valence-electron chi connectivity index (χ4n) is 2.74. The Labute approximate surface area is 150 Å². The van der Waals surface area contributed by atoms with Crippen molar-refractivity contribution in [2.24, 2.45) is 4.99 Å². The van der Waals surface area contributed by atoms with E-state index in [1.807, 2.05) is 85.1 Å². The molecule has 1 amide bonds. The Balaban J connectivity index is 1.82. The summed E-state index contributed by atoms with van der Waals surface area (Å²) in [4.78, 5) is 20.4. The van der Waals surface area contributed by atoms with Gasteiger partial charge in [-0.25, -0.2) is 4.99 Å². The van der Waals surface area contributed by atoms with E-state index in [1.54, 1.807) is 16.2 Å². The van der Waals surface area contributed by atoms with Crippen molar-refractivity contribution in [3.63, 3.8) is 0 Å². The second kappa shape index (κ2) is 6.49. The van der Waals surface area contributed by atoms with Gasteiger partial charge >= 0.3 is 0 Å². The van der Waals surface area contributed by atoms with Gasteiger partial charge in [-0.3, -0.25) is 9.69 Å². The van der Waals surface area contributed by atoms with Crippen LogP contribution in [0.25, 0.3) is 6.08 Å². The third-order valence-corrected chi connectivity index (χ3v) is 4.83. The van der Waals surface area contributed by atoms with Gasteiger partial charge in [0.05, 0.1) is 5.69 Å². The maximum atomic E-state index is 13.0. The van der Waals surface area contributed by atoms with Crippen molar-refractivity contribution in [3.8, 4) is 0 Å². The van der Waals surface area contributed by atoms with Gasteiger partial charge in [-0.1, -0.05) is 54.1 Å². The molecule has 0 saturated carbocycles. The monoisotopic (exact) mass is 344 g/mol. The van der Waals surface area contributed by atoms with E-state index in [-0.39, 0.29) is 5.91 Å². The first kappa shape index (κ1) is 15.5.